The van der Waals surface area contributed by atoms with E-state index in [0.717, 1.165) is 5.56 Å². The molecule has 0 radical (unpaired) electrons. The summed E-state index contributed by atoms with van der Waals surface area (Å²) >= 11 is 0. The summed E-state index contributed by atoms with van der Waals surface area (Å²) in [7, 11) is 1.57. The molecule has 2 aromatic rings. The van der Waals surface area contributed by atoms with Crippen molar-refractivity contribution in [2.24, 2.45) is 7.05 Å². The summed E-state index contributed by atoms with van der Waals surface area (Å²) in [6, 6.07) is 9.23. The molecule has 0 aliphatic carbocycles. The van der Waals surface area contributed by atoms with Crippen molar-refractivity contribution in [1.82, 2.24) is 9.55 Å². The first-order valence-electron chi connectivity index (χ1n) is 5.14. The number of aromatic amines is 1. The van der Waals surface area contributed by atoms with Crippen molar-refractivity contribution < 1.29 is 0 Å². The number of benzene rings is 1. The van der Waals surface area contributed by atoms with Crippen molar-refractivity contribution >= 4 is 12.7 Å². The van der Waals surface area contributed by atoms with Gasteiger partial charge in [0.25, 0.3) is 11.1 Å². The molecule has 0 aliphatic rings. The van der Waals surface area contributed by atoms with E-state index in [1.54, 1.807) is 13.1 Å². The van der Waals surface area contributed by atoms with E-state index in [0.29, 0.717) is 5.48 Å². The third kappa shape index (κ3) is 2.10. The second kappa shape index (κ2) is 4.25. The Kier molecular flexibility index (Phi) is 2.78. The van der Waals surface area contributed by atoms with Gasteiger partial charge in [0.05, 0.1) is 0 Å². The fraction of sp³-hybridized carbons (Fsp3) is 0.0769. The van der Waals surface area contributed by atoms with E-state index in [4.69, 9.17) is 0 Å². The Labute approximate surface area is 97.2 Å². The number of aromatic nitrogens is 2. The highest BCUT2D eigenvalue weighted by Crippen LogP contribution is 1.96. The highest BCUT2D eigenvalue weighted by atomic mass is 16.1. The van der Waals surface area contributed by atoms with Crippen LogP contribution >= 0.6 is 0 Å². The Balaban J connectivity index is 2.83. The SMILES string of the molecule is C=c1[nH]c(=O)/c(=C/c2ccccc2)c(=O)n1C. The molecule has 1 aromatic heterocycles. The average Bonchev–Trinajstić information content (AvgIpc) is 2.33. The molecular formula is C13H12N2O2. The van der Waals surface area contributed by atoms with Crippen molar-refractivity contribution in [1.29, 1.82) is 0 Å². The number of rotatable bonds is 1. The number of nitrogens with one attached hydrogen (secondary N) is 1. The average molecular weight is 228 g/mol. The second-order valence-electron chi connectivity index (χ2n) is 3.73. The molecule has 4 nitrogen and oxygen atoms in total. The molecule has 0 fully saturated rings. The predicted molar refractivity (Wildman–Crippen MR) is 67.1 cm³/mol. The zero-order valence-electron chi connectivity index (χ0n) is 9.43. The number of H-pyrrole nitrogens is 1. The van der Waals surface area contributed by atoms with Crippen LogP contribution in [0.4, 0.5) is 0 Å². The predicted octanol–water partition coefficient (Wildman–Crippen LogP) is -0.687. The molecule has 0 saturated carbocycles. The fourth-order valence-electron chi connectivity index (χ4n) is 1.53. The van der Waals surface area contributed by atoms with Crippen LogP contribution in [0.2, 0.25) is 0 Å². The minimum atomic E-state index is -0.415. The first-order chi connectivity index (χ1) is 8.09. The van der Waals surface area contributed by atoms with Crippen LogP contribution < -0.4 is 21.8 Å². The minimum absolute atomic E-state index is 0.117. The molecular weight excluding hydrogens is 216 g/mol. The van der Waals surface area contributed by atoms with Crippen LogP contribution in [0.1, 0.15) is 5.56 Å². The van der Waals surface area contributed by atoms with Crippen molar-refractivity contribution in [3.05, 3.63) is 67.3 Å². The third-order valence-corrected chi connectivity index (χ3v) is 2.55. The largest absolute Gasteiger partial charge is 0.308 e. The van der Waals surface area contributed by atoms with Gasteiger partial charge in [0.15, 0.2) is 0 Å². The lowest BCUT2D eigenvalue weighted by atomic mass is 10.2. The molecule has 0 saturated heterocycles. The van der Waals surface area contributed by atoms with Crippen LogP contribution in [0, 0.1) is 0 Å². The standard InChI is InChI=1S/C13H12N2O2/c1-9-14-12(16)11(13(17)15(9)2)8-10-6-4-3-5-7-10/h3-8H,1H2,2H3,(H,14,16)/b11-8-. The van der Waals surface area contributed by atoms with Crippen LogP contribution in [0.3, 0.4) is 0 Å². The summed E-state index contributed by atoms with van der Waals surface area (Å²) in [6.45, 7) is 3.58. The molecule has 1 heterocycles. The Bertz CT molecular complexity index is 755. The van der Waals surface area contributed by atoms with Crippen LogP contribution in [0.15, 0.2) is 39.9 Å². The van der Waals surface area contributed by atoms with Crippen molar-refractivity contribution in [3.8, 4) is 0 Å². The van der Waals surface area contributed by atoms with Crippen LogP contribution in [0.25, 0.3) is 12.7 Å². The maximum Gasteiger partial charge on any atom is 0.264 e. The third-order valence-electron chi connectivity index (χ3n) is 2.55. The lowest BCUT2D eigenvalue weighted by Gasteiger charge is -1.97. The van der Waals surface area contributed by atoms with Crippen LogP contribution in [-0.4, -0.2) is 9.55 Å². The van der Waals surface area contributed by atoms with E-state index < -0.39 is 5.56 Å². The highest BCUT2D eigenvalue weighted by molar-refractivity contribution is 5.48. The minimum Gasteiger partial charge on any atom is -0.308 e. The van der Waals surface area contributed by atoms with Crippen molar-refractivity contribution in [2.45, 2.75) is 0 Å². The van der Waals surface area contributed by atoms with Gasteiger partial charge in [0.2, 0.25) is 0 Å². The van der Waals surface area contributed by atoms with E-state index in [9.17, 15) is 9.59 Å². The zero-order chi connectivity index (χ0) is 12.4. The lowest BCUT2D eigenvalue weighted by molar-refractivity contribution is 0.764. The molecule has 0 unspecified atom stereocenters. The van der Waals surface area contributed by atoms with Gasteiger partial charge in [0.1, 0.15) is 10.7 Å². The first kappa shape index (κ1) is 11.1. The molecule has 2 rings (SSSR count). The van der Waals surface area contributed by atoms with Crippen LogP contribution in [0.5, 0.6) is 0 Å². The summed E-state index contributed by atoms with van der Waals surface area (Å²) in [6.07, 6.45) is 1.57. The molecule has 0 spiro atoms. The molecule has 0 aliphatic heterocycles. The number of hydrogen-bond donors (Lipinski definition) is 1. The summed E-state index contributed by atoms with van der Waals surface area (Å²) in [5, 5.41) is 0.117. The Morgan fingerprint density at radius 3 is 2.53 bits per heavy atom. The molecule has 17 heavy (non-hydrogen) atoms. The van der Waals surface area contributed by atoms with Gasteiger partial charge in [-0.15, -0.1) is 0 Å². The van der Waals surface area contributed by atoms with Gasteiger partial charge in [-0.3, -0.25) is 14.2 Å². The van der Waals surface area contributed by atoms with Gasteiger partial charge in [-0.25, -0.2) is 0 Å². The van der Waals surface area contributed by atoms with Gasteiger partial charge in [0, 0.05) is 7.05 Å². The summed E-state index contributed by atoms with van der Waals surface area (Å²) < 4.78 is 1.32. The van der Waals surface area contributed by atoms with Gasteiger partial charge >= 0.3 is 0 Å². The molecule has 0 amide bonds. The maximum absolute atomic E-state index is 11.9. The number of hydrogen-bond acceptors (Lipinski definition) is 2. The molecule has 0 bridgehead atoms. The van der Waals surface area contributed by atoms with E-state index >= 15 is 0 Å². The topological polar surface area (TPSA) is 54.9 Å². The van der Waals surface area contributed by atoms with E-state index in [1.165, 1.54) is 4.57 Å². The lowest BCUT2D eigenvalue weighted by Crippen LogP contribution is -2.52. The molecule has 86 valence electrons. The van der Waals surface area contributed by atoms with Gasteiger partial charge < -0.3 is 4.98 Å². The summed E-state index contributed by atoms with van der Waals surface area (Å²) in [5.41, 5.74) is 0.349. The van der Waals surface area contributed by atoms with E-state index in [1.807, 2.05) is 30.3 Å². The molecule has 4 heteroatoms. The van der Waals surface area contributed by atoms with Gasteiger partial charge in [-0.1, -0.05) is 36.9 Å². The highest BCUT2D eigenvalue weighted by Gasteiger charge is 1.99. The Hall–Kier alpha value is -2.36. The molecule has 0 atom stereocenters. The Morgan fingerprint density at radius 2 is 1.88 bits per heavy atom. The maximum atomic E-state index is 11.9. The summed E-state index contributed by atoms with van der Waals surface area (Å²) in [5.74, 6) is 0. The van der Waals surface area contributed by atoms with Gasteiger partial charge in [-0.2, -0.15) is 0 Å². The first-order valence-corrected chi connectivity index (χ1v) is 5.14. The van der Waals surface area contributed by atoms with E-state index in [-0.39, 0.29) is 10.8 Å². The monoisotopic (exact) mass is 228 g/mol. The smallest absolute Gasteiger partial charge is 0.264 e. The van der Waals surface area contributed by atoms with Crippen molar-refractivity contribution in [3.63, 3.8) is 0 Å². The quantitative estimate of drug-likeness (QED) is 0.702. The molecule has 1 N–H and O–H groups in total. The normalized spacial score (nSPS) is 11.7. The van der Waals surface area contributed by atoms with Gasteiger partial charge in [-0.05, 0) is 11.6 Å². The fourth-order valence-corrected chi connectivity index (χ4v) is 1.53. The Morgan fingerprint density at radius 1 is 1.24 bits per heavy atom. The van der Waals surface area contributed by atoms with Crippen molar-refractivity contribution in [2.75, 3.05) is 0 Å². The zero-order valence-corrected chi connectivity index (χ0v) is 9.43. The number of nitrogens with zero attached hydrogens (tertiary/aromatic N) is 1. The summed E-state index contributed by atoms with van der Waals surface area (Å²) in [4.78, 5) is 26.1. The van der Waals surface area contributed by atoms with Crippen LogP contribution in [-0.2, 0) is 7.05 Å². The second-order valence-corrected chi connectivity index (χ2v) is 3.73. The molecule has 1 aromatic carbocycles. The van der Waals surface area contributed by atoms with E-state index in [2.05, 4.69) is 11.6 Å².